The minimum Gasteiger partial charge on any atom is -0.398 e. The summed E-state index contributed by atoms with van der Waals surface area (Å²) in [5, 5.41) is 0. The number of carbonyl (C=O) groups excluding carboxylic acids is 1. The van der Waals surface area contributed by atoms with Crippen LogP contribution in [0.3, 0.4) is 0 Å². The molecular formula is C13H19BrN2O. The number of nitrogen functional groups attached to an aromatic ring is 1. The highest BCUT2D eigenvalue weighted by Crippen LogP contribution is 2.25. The number of nitrogens with zero attached hydrogens (tertiary/aromatic N) is 1. The van der Waals surface area contributed by atoms with Crippen molar-refractivity contribution < 1.29 is 4.79 Å². The van der Waals surface area contributed by atoms with Crippen LogP contribution >= 0.6 is 15.9 Å². The van der Waals surface area contributed by atoms with E-state index in [9.17, 15) is 4.79 Å². The van der Waals surface area contributed by atoms with Crippen molar-refractivity contribution in [2.75, 3.05) is 12.8 Å². The summed E-state index contributed by atoms with van der Waals surface area (Å²) in [4.78, 5) is 14.1. The second kappa shape index (κ2) is 5.54. The zero-order valence-corrected chi connectivity index (χ0v) is 12.3. The fraction of sp³-hybridized carbons (Fsp3) is 0.462. The van der Waals surface area contributed by atoms with E-state index in [4.69, 9.17) is 5.73 Å². The molecule has 4 heteroatoms. The molecule has 1 amide bonds. The van der Waals surface area contributed by atoms with Gasteiger partial charge in [-0.05, 0) is 40.9 Å². The van der Waals surface area contributed by atoms with Crippen molar-refractivity contribution in [2.45, 2.75) is 26.8 Å². The van der Waals surface area contributed by atoms with E-state index in [-0.39, 0.29) is 11.9 Å². The monoisotopic (exact) mass is 298 g/mol. The van der Waals surface area contributed by atoms with E-state index in [1.54, 1.807) is 23.1 Å². The number of rotatable bonds is 3. The van der Waals surface area contributed by atoms with Gasteiger partial charge >= 0.3 is 0 Å². The van der Waals surface area contributed by atoms with Gasteiger partial charge in [0, 0.05) is 18.8 Å². The van der Waals surface area contributed by atoms with Crippen LogP contribution in [0.2, 0.25) is 0 Å². The van der Waals surface area contributed by atoms with Crippen LogP contribution < -0.4 is 5.73 Å². The summed E-state index contributed by atoms with van der Waals surface area (Å²) in [6.45, 7) is 6.24. The van der Waals surface area contributed by atoms with E-state index in [0.29, 0.717) is 21.6 Å². The summed E-state index contributed by atoms with van der Waals surface area (Å²) in [6, 6.07) is 5.54. The van der Waals surface area contributed by atoms with Crippen LogP contribution in [-0.2, 0) is 0 Å². The van der Waals surface area contributed by atoms with Crippen LogP contribution in [0.15, 0.2) is 22.7 Å². The Labute approximate surface area is 111 Å². The third kappa shape index (κ3) is 3.00. The van der Waals surface area contributed by atoms with E-state index < -0.39 is 0 Å². The van der Waals surface area contributed by atoms with Gasteiger partial charge in [-0.1, -0.05) is 19.9 Å². The Morgan fingerprint density at radius 3 is 2.47 bits per heavy atom. The lowest BCUT2D eigenvalue weighted by molar-refractivity contribution is 0.0706. The van der Waals surface area contributed by atoms with Gasteiger partial charge in [-0.3, -0.25) is 4.79 Å². The molecule has 1 rings (SSSR count). The number of halogens is 1. The predicted molar refractivity (Wildman–Crippen MR) is 74.9 cm³/mol. The molecule has 0 spiro atoms. The molecular weight excluding hydrogens is 280 g/mol. The molecule has 0 fully saturated rings. The van der Waals surface area contributed by atoms with Crippen molar-refractivity contribution in [3.8, 4) is 0 Å². The zero-order chi connectivity index (χ0) is 13.2. The molecule has 1 aromatic carbocycles. The molecule has 1 atom stereocenters. The minimum absolute atomic E-state index is 0.00891. The fourth-order valence-electron chi connectivity index (χ4n) is 1.54. The van der Waals surface area contributed by atoms with Crippen LogP contribution in [0, 0.1) is 5.92 Å². The van der Waals surface area contributed by atoms with Crippen molar-refractivity contribution in [1.29, 1.82) is 0 Å². The Morgan fingerprint density at radius 1 is 1.35 bits per heavy atom. The Morgan fingerprint density at radius 2 is 1.94 bits per heavy atom. The maximum absolute atomic E-state index is 12.3. The highest BCUT2D eigenvalue weighted by molar-refractivity contribution is 9.10. The maximum atomic E-state index is 12.3. The average Bonchev–Trinajstić information content (AvgIpc) is 2.29. The summed E-state index contributed by atoms with van der Waals surface area (Å²) in [5.41, 5.74) is 6.97. The van der Waals surface area contributed by atoms with Crippen LogP contribution in [0.5, 0.6) is 0 Å². The van der Waals surface area contributed by atoms with Crippen LogP contribution in [0.1, 0.15) is 31.1 Å². The van der Waals surface area contributed by atoms with Gasteiger partial charge in [-0.25, -0.2) is 0 Å². The number of hydrogen-bond acceptors (Lipinski definition) is 2. The molecule has 0 aliphatic heterocycles. The SMILES string of the molecule is CC(C)C(C)N(C)C(=O)c1cccc(N)c1Br. The maximum Gasteiger partial charge on any atom is 0.255 e. The van der Waals surface area contributed by atoms with Crippen molar-refractivity contribution in [1.82, 2.24) is 4.90 Å². The second-order valence-electron chi connectivity index (χ2n) is 4.61. The lowest BCUT2D eigenvalue weighted by Gasteiger charge is -2.28. The number of carbonyl (C=O) groups is 1. The van der Waals surface area contributed by atoms with Crippen LogP contribution in [0.25, 0.3) is 0 Å². The van der Waals surface area contributed by atoms with E-state index in [1.165, 1.54) is 0 Å². The molecule has 1 aromatic rings. The third-order valence-electron chi connectivity index (χ3n) is 3.16. The zero-order valence-electron chi connectivity index (χ0n) is 10.7. The fourth-order valence-corrected chi connectivity index (χ4v) is 1.97. The first-order valence-corrected chi connectivity index (χ1v) is 6.46. The summed E-state index contributed by atoms with van der Waals surface area (Å²) >= 11 is 3.36. The molecule has 2 N–H and O–H groups in total. The highest BCUT2D eigenvalue weighted by atomic mass is 79.9. The average molecular weight is 299 g/mol. The molecule has 0 aromatic heterocycles. The van der Waals surface area contributed by atoms with Crippen molar-refractivity contribution in [3.05, 3.63) is 28.2 Å². The molecule has 0 saturated heterocycles. The Balaban J connectivity index is 3.01. The smallest absolute Gasteiger partial charge is 0.255 e. The van der Waals surface area contributed by atoms with Gasteiger partial charge in [0.2, 0.25) is 0 Å². The lowest BCUT2D eigenvalue weighted by Crippen LogP contribution is -2.38. The van der Waals surface area contributed by atoms with Gasteiger partial charge in [0.1, 0.15) is 0 Å². The van der Waals surface area contributed by atoms with Gasteiger partial charge in [0.25, 0.3) is 5.91 Å². The van der Waals surface area contributed by atoms with E-state index >= 15 is 0 Å². The largest absolute Gasteiger partial charge is 0.398 e. The number of amides is 1. The van der Waals surface area contributed by atoms with E-state index in [2.05, 4.69) is 29.8 Å². The van der Waals surface area contributed by atoms with Gasteiger partial charge in [0.05, 0.1) is 10.0 Å². The molecule has 0 saturated carbocycles. The topological polar surface area (TPSA) is 46.3 Å². The van der Waals surface area contributed by atoms with Gasteiger partial charge in [-0.15, -0.1) is 0 Å². The van der Waals surface area contributed by atoms with E-state index in [1.807, 2.05) is 14.0 Å². The summed E-state index contributed by atoms with van der Waals surface area (Å²) in [5.74, 6) is 0.411. The molecule has 0 radical (unpaired) electrons. The summed E-state index contributed by atoms with van der Waals surface area (Å²) < 4.78 is 0.674. The normalized spacial score (nSPS) is 12.6. The number of anilines is 1. The van der Waals surface area contributed by atoms with Crippen molar-refractivity contribution in [3.63, 3.8) is 0 Å². The molecule has 1 unspecified atom stereocenters. The molecule has 0 heterocycles. The van der Waals surface area contributed by atoms with Crippen LogP contribution in [-0.4, -0.2) is 23.9 Å². The minimum atomic E-state index is -0.00891. The first kappa shape index (κ1) is 14.0. The molecule has 0 bridgehead atoms. The van der Waals surface area contributed by atoms with Crippen molar-refractivity contribution in [2.24, 2.45) is 5.92 Å². The van der Waals surface area contributed by atoms with Crippen molar-refractivity contribution >= 4 is 27.5 Å². The van der Waals surface area contributed by atoms with E-state index in [0.717, 1.165) is 0 Å². The molecule has 17 heavy (non-hydrogen) atoms. The lowest BCUT2D eigenvalue weighted by atomic mass is 10.0. The standard InChI is InChI=1S/C13H19BrN2O/c1-8(2)9(3)16(4)13(17)10-6-5-7-11(15)12(10)14/h5-9H,15H2,1-4H3. The first-order chi connectivity index (χ1) is 7.86. The molecule has 94 valence electrons. The number of nitrogens with two attached hydrogens (primary N) is 1. The Hall–Kier alpha value is -1.03. The quantitative estimate of drug-likeness (QED) is 0.872. The summed E-state index contributed by atoms with van der Waals surface area (Å²) in [6.07, 6.45) is 0. The Bertz CT molecular complexity index is 418. The highest BCUT2D eigenvalue weighted by Gasteiger charge is 2.21. The Kier molecular flexibility index (Phi) is 4.57. The van der Waals surface area contributed by atoms with Crippen LogP contribution in [0.4, 0.5) is 5.69 Å². The third-order valence-corrected chi connectivity index (χ3v) is 4.04. The number of hydrogen-bond donors (Lipinski definition) is 1. The van der Waals surface area contributed by atoms with Gasteiger partial charge in [0.15, 0.2) is 0 Å². The summed E-state index contributed by atoms with van der Waals surface area (Å²) in [7, 11) is 1.82. The first-order valence-electron chi connectivity index (χ1n) is 5.67. The molecule has 3 nitrogen and oxygen atoms in total. The molecule has 0 aliphatic rings. The number of benzene rings is 1. The molecule has 0 aliphatic carbocycles. The van der Waals surface area contributed by atoms with Gasteiger partial charge < -0.3 is 10.6 Å². The van der Waals surface area contributed by atoms with Gasteiger partial charge in [-0.2, -0.15) is 0 Å². The predicted octanol–water partition coefficient (Wildman–Crippen LogP) is 3.15. The second-order valence-corrected chi connectivity index (χ2v) is 5.40.